The summed E-state index contributed by atoms with van der Waals surface area (Å²) in [5.74, 6) is 7.11. The van der Waals surface area contributed by atoms with Crippen molar-refractivity contribution in [1.29, 1.82) is 0 Å². The van der Waals surface area contributed by atoms with Gasteiger partial charge in [0.15, 0.2) is 10.3 Å². The molecule has 2 aromatic heterocycles. The van der Waals surface area contributed by atoms with Gasteiger partial charge in [-0.1, -0.05) is 84.2 Å². The van der Waals surface area contributed by atoms with Crippen LogP contribution >= 0.6 is 23.5 Å². The monoisotopic (exact) mass is 824 g/mol. The molecule has 312 valence electrons. The molecule has 0 unspecified atom stereocenters. The summed E-state index contributed by atoms with van der Waals surface area (Å²) in [5, 5.41) is 20.0. The molecule has 0 N–H and O–H groups in total. The van der Waals surface area contributed by atoms with E-state index in [1.165, 1.54) is 77.8 Å². The smallest absolute Gasteiger partial charge is 0.190 e. The average molecular weight is 825 g/mol. The molecule has 6 fully saturated rings. The maximum Gasteiger partial charge on any atom is 0.190 e. The van der Waals surface area contributed by atoms with Crippen LogP contribution in [0.1, 0.15) is 111 Å². The van der Waals surface area contributed by atoms with E-state index in [0.717, 1.165) is 97.4 Å². The summed E-state index contributed by atoms with van der Waals surface area (Å²) in [6.07, 6.45) is 12.2. The van der Waals surface area contributed by atoms with E-state index >= 15 is 0 Å². The van der Waals surface area contributed by atoms with Gasteiger partial charge in [-0.2, -0.15) is 0 Å². The van der Waals surface area contributed by atoms with Crippen molar-refractivity contribution in [3.63, 3.8) is 0 Å². The minimum absolute atomic E-state index is 0.507. The third kappa shape index (κ3) is 9.27. The SMILES string of the molecule is Cn1c(SCCCN2CC[C@@]3(C[C@H]3c3ccccc3)C2)nnc1C1CCOCC1.Cn1c(SCCCN2CC[C@]3(C[C@@H]3c3ccccc3)C2)nnc1C1CCOCC1. The van der Waals surface area contributed by atoms with Crippen molar-refractivity contribution >= 4 is 23.5 Å². The predicted molar refractivity (Wildman–Crippen MR) is 233 cm³/mol. The zero-order valence-corrected chi connectivity index (χ0v) is 36.5. The summed E-state index contributed by atoms with van der Waals surface area (Å²) in [6.45, 7) is 10.9. The lowest BCUT2D eigenvalue weighted by Crippen LogP contribution is -2.23. The highest BCUT2D eigenvalue weighted by atomic mass is 32.2. The van der Waals surface area contributed by atoms with Crippen LogP contribution in [-0.2, 0) is 23.6 Å². The zero-order valence-electron chi connectivity index (χ0n) is 34.8. The number of likely N-dealkylation sites (tertiary alicyclic amines) is 2. The first-order chi connectivity index (χ1) is 28.5. The van der Waals surface area contributed by atoms with Crippen LogP contribution in [0.3, 0.4) is 0 Å². The third-order valence-corrected chi connectivity index (χ3v) is 16.5. The Morgan fingerprint density at radius 2 is 1.00 bits per heavy atom. The summed E-state index contributed by atoms with van der Waals surface area (Å²) >= 11 is 3.72. The Bertz CT molecular complexity index is 1780. The van der Waals surface area contributed by atoms with E-state index in [1.54, 1.807) is 11.1 Å². The van der Waals surface area contributed by atoms with Gasteiger partial charge in [0.05, 0.1) is 0 Å². The molecule has 2 aliphatic carbocycles. The van der Waals surface area contributed by atoms with E-state index in [2.05, 4.69) is 114 Å². The molecule has 6 aliphatic rings. The fourth-order valence-electron chi connectivity index (χ4n) is 10.7. The fraction of sp³-hybridized carbons (Fsp3) is 0.652. The van der Waals surface area contributed by atoms with E-state index < -0.39 is 0 Å². The molecule has 10 nitrogen and oxygen atoms in total. The summed E-state index contributed by atoms with van der Waals surface area (Å²) in [4.78, 5) is 5.38. The fourth-order valence-corrected chi connectivity index (χ4v) is 12.4. The third-order valence-electron chi connectivity index (χ3n) is 14.3. The van der Waals surface area contributed by atoms with Gasteiger partial charge in [0.1, 0.15) is 11.6 Å². The molecule has 0 amide bonds. The Balaban J connectivity index is 0.000000150. The minimum Gasteiger partial charge on any atom is -0.381 e. The highest BCUT2D eigenvalue weighted by molar-refractivity contribution is 7.99. The topological polar surface area (TPSA) is 86.4 Å². The largest absolute Gasteiger partial charge is 0.381 e. The zero-order chi connectivity index (χ0) is 39.4. The van der Waals surface area contributed by atoms with Gasteiger partial charge in [-0.05, 0) is 124 Å². The van der Waals surface area contributed by atoms with Crippen molar-refractivity contribution in [1.82, 2.24) is 39.3 Å². The predicted octanol–water partition coefficient (Wildman–Crippen LogP) is 8.14. The van der Waals surface area contributed by atoms with Gasteiger partial charge in [-0.25, -0.2) is 0 Å². The summed E-state index contributed by atoms with van der Waals surface area (Å²) < 4.78 is 15.4. The van der Waals surface area contributed by atoms with Gasteiger partial charge in [-0.15, -0.1) is 20.4 Å². The molecule has 2 saturated carbocycles. The molecular weight excluding hydrogens is 761 g/mol. The average Bonchev–Trinajstić information content (AvgIpc) is 3.81. The van der Waals surface area contributed by atoms with Gasteiger partial charge in [-0.3, -0.25) is 0 Å². The molecule has 4 saturated heterocycles. The van der Waals surface area contributed by atoms with Crippen LogP contribution in [-0.4, -0.2) is 117 Å². The van der Waals surface area contributed by atoms with Crippen molar-refractivity contribution in [3.05, 3.63) is 83.4 Å². The van der Waals surface area contributed by atoms with Gasteiger partial charge < -0.3 is 28.4 Å². The molecule has 4 aromatic rings. The van der Waals surface area contributed by atoms with E-state index in [4.69, 9.17) is 9.47 Å². The second kappa shape index (κ2) is 18.5. The molecular formula is C46H64N8O2S2. The van der Waals surface area contributed by atoms with E-state index in [9.17, 15) is 0 Å². The van der Waals surface area contributed by atoms with E-state index in [0.29, 0.717) is 22.7 Å². The number of benzene rings is 2. The Kier molecular flexibility index (Phi) is 13.0. The second-order valence-electron chi connectivity index (χ2n) is 18.1. The first-order valence-electron chi connectivity index (χ1n) is 22.2. The van der Waals surface area contributed by atoms with E-state index in [1.807, 2.05) is 23.5 Å². The lowest BCUT2D eigenvalue weighted by atomic mass is 9.98. The molecule has 0 bridgehead atoms. The van der Waals surface area contributed by atoms with Crippen LogP contribution in [0.15, 0.2) is 71.0 Å². The number of thioether (sulfide) groups is 2. The van der Waals surface area contributed by atoms with Crippen LogP contribution in [0.25, 0.3) is 0 Å². The molecule has 0 radical (unpaired) electrons. The molecule has 58 heavy (non-hydrogen) atoms. The molecule has 12 heteroatoms. The maximum atomic E-state index is 5.48. The summed E-state index contributed by atoms with van der Waals surface area (Å²) in [5.41, 5.74) is 4.26. The van der Waals surface area contributed by atoms with Crippen molar-refractivity contribution in [2.45, 2.75) is 98.2 Å². The number of nitrogens with zero attached hydrogens (tertiary/aromatic N) is 8. The maximum absolute atomic E-state index is 5.48. The van der Waals surface area contributed by atoms with Crippen molar-refractivity contribution in [2.24, 2.45) is 24.9 Å². The van der Waals surface area contributed by atoms with Crippen LogP contribution in [0.2, 0.25) is 0 Å². The van der Waals surface area contributed by atoms with Gasteiger partial charge in [0, 0.05) is 77.0 Å². The van der Waals surface area contributed by atoms with Gasteiger partial charge in [0.2, 0.25) is 0 Å². The Morgan fingerprint density at radius 3 is 1.41 bits per heavy atom. The normalized spacial score (nSPS) is 27.7. The number of aromatic nitrogens is 6. The van der Waals surface area contributed by atoms with Crippen LogP contribution in [0.4, 0.5) is 0 Å². The van der Waals surface area contributed by atoms with Crippen molar-refractivity contribution in [2.75, 3.05) is 77.2 Å². The number of rotatable bonds is 14. The molecule has 6 heterocycles. The van der Waals surface area contributed by atoms with Gasteiger partial charge in [0.25, 0.3) is 0 Å². The van der Waals surface area contributed by atoms with Gasteiger partial charge >= 0.3 is 0 Å². The molecule has 2 aromatic carbocycles. The lowest BCUT2D eigenvalue weighted by Gasteiger charge is -2.21. The number of hydrogen-bond donors (Lipinski definition) is 0. The first kappa shape index (κ1) is 40.7. The standard InChI is InChI=1S/2C23H32N4OS/c2*1-26-21(19-8-13-28-14-9-19)24-25-22(26)29-15-5-11-27-12-10-23(17-27)16-20(23)18-6-3-2-4-7-18/h2*2-4,6-7,19-20H,5,8-17H2,1H3/t2*20-,23+/m10/s1. The molecule has 2 spiro atoms. The van der Waals surface area contributed by atoms with Crippen LogP contribution in [0, 0.1) is 10.8 Å². The molecule has 4 aliphatic heterocycles. The quantitative estimate of drug-likeness (QED) is 0.0918. The number of hydrogen-bond acceptors (Lipinski definition) is 10. The number of ether oxygens (including phenoxy) is 2. The first-order valence-corrected chi connectivity index (χ1v) is 24.2. The summed E-state index contributed by atoms with van der Waals surface area (Å²) in [7, 11) is 4.24. The Morgan fingerprint density at radius 1 is 0.586 bits per heavy atom. The van der Waals surface area contributed by atoms with Crippen molar-refractivity contribution in [3.8, 4) is 0 Å². The molecule has 4 atom stereocenters. The van der Waals surface area contributed by atoms with Crippen LogP contribution in [0.5, 0.6) is 0 Å². The lowest BCUT2D eigenvalue weighted by molar-refractivity contribution is 0.0828. The Hall–Kier alpha value is -2.74. The molecule has 10 rings (SSSR count). The highest BCUT2D eigenvalue weighted by Crippen LogP contribution is 2.65. The van der Waals surface area contributed by atoms with E-state index in [-0.39, 0.29) is 0 Å². The highest BCUT2D eigenvalue weighted by Gasteiger charge is 2.58. The van der Waals surface area contributed by atoms with Crippen LogP contribution < -0.4 is 0 Å². The van der Waals surface area contributed by atoms with Crippen molar-refractivity contribution < 1.29 is 9.47 Å². The minimum atomic E-state index is 0.507. The summed E-state index contributed by atoms with van der Waals surface area (Å²) in [6, 6.07) is 22.2. The Labute approximate surface area is 354 Å². The second-order valence-corrected chi connectivity index (χ2v) is 20.2.